The predicted molar refractivity (Wildman–Crippen MR) is 67.5 cm³/mol. The second kappa shape index (κ2) is 6.90. The number of nitrogens with zero attached hydrogens (tertiary/aromatic N) is 2. The van der Waals surface area contributed by atoms with Crippen LogP contribution in [0, 0.1) is 11.8 Å². The fraction of sp³-hybridized carbons (Fsp3) is 0.600. The molecule has 1 aromatic rings. The molecule has 0 aromatic carbocycles. The summed E-state index contributed by atoms with van der Waals surface area (Å²) in [5.41, 5.74) is 1.49. The quantitative estimate of drug-likeness (QED) is 0.726. The maximum Gasteiger partial charge on any atom is 0.321 e. The average molecular weight is 272 g/mol. The number of hydrogen-bond donors (Lipinski definition) is 3. The minimum absolute atomic E-state index is 0.0954. The molecule has 7 nitrogen and oxygen atoms in total. The van der Waals surface area contributed by atoms with Gasteiger partial charge in [-0.25, -0.2) is 4.79 Å². The molecule has 8 heteroatoms. The molecule has 0 aliphatic heterocycles. The van der Waals surface area contributed by atoms with Crippen molar-refractivity contribution in [3.05, 3.63) is 5.51 Å². The molecule has 0 fully saturated rings. The maximum atomic E-state index is 11.4. The molecule has 0 saturated heterocycles. The van der Waals surface area contributed by atoms with E-state index in [9.17, 15) is 9.59 Å². The highest BCUT2D eigenvalue weighted by Gasteiger charge is 2.19. The summed E-state index contributed by atoms with van der Waals surface area (Å²) in [6, 6.07) is -0.471. The van der Waals surface area contributed by atoms with Gasteiger partial charge in [0.15, 0.2) is 0 Å². The van der Waals surface area contributed by atoms with E-state index in [0.29, 0.717) is 11.6 Å². The fourth-order valence-electron chi connectivity index (χ4n) is 1.43. The first kappa shape index (κ1) is 14.4. The standard InChI is InChI=1S/C10H16N4O3S/c1-6(2)3-7(8(15)16)4-11-9(17)13-10-14-12-5-18-10/h5-7H,3-4H2,1-2H3,(H,15,16)(H2,11,13,14,17). The summed E-state index contributed by atoms with van der Waals surface area (Å²) in [5, 5.41) is 21.6. The number of urea groups is 1. The Morgan fingerprint density at radius 2 is 2.22 bits per heavy atom. The van der Waals surface area contributed by atoms with E-state index >= 15 is 0 Å². The smallest absolute Gasteiger partial charge is 0.321 e. The van der Waals surface area contributed by atoms with Gasteiger partial charge in [0.25, 0.3) is 0 Å². The van der Waals surface area contributed by atoms with Crippen molar-refractivity contribution in [1.82, 2.24) is 15.5 Å². The van der Waals surface area contributed by atoms with Crippen molar-refractivity contribution >= 4 is 28.5 Å². The van der Waals surface area contributed by atoms with Gasteiger partial charge >= 0.3 is 12.0 Å². The number of anilines is 1. The van der Waals surface area contributed by atoms with Crippen LogP contribution in [0.4, 0.5) is 9.93 Å². The molecular weight excluding hydrogens is 256 g/mol. The molecular formula is C10H16N4O3S. The number of rotatable bonds is 6. The number of carbonyl (C=O) groups excluding carboxylic acids is 1. The molecule has 18 heavy (non-hydrogen) atoms. The first-order valence-corrected chi connectivity index (χ1v) is 6.40. The molecule has 1 rings (SSSR count). The monoisotopic (exact) mass is 272 g/mol. The van der Waals surface area contributed by atoms with E-state index in [2.05, 4.69) is 20.8 Å². The Bertz CT molecular complexity index is 394. The number of nitrogens with one attached hydrogen (secondary N) is 2. The van der Waals surface area contributed by atoms with Gasteiger partial charge in [0.1, 0.15) is 5.51 Å². The molecule has 100 valence electrons. The van der Waals surface area contributed by atoms with Gasteiger partial charge in [-0.05, 0) is 12.3 Å². The van der Waals surface area contributed by atoms with E-state index < -0.39 is 17.9 Å². The maximum absolute atomic E-state index is 11.4. The van der Waals surface area contributed by atoms with Crippen molar-refractivity contribution in [2.75, 3.05) is 11.9 Å². The second-order valence-corrected chi connectivity index (χ2v) is 5.08. The fourth-order valence-corrected chi connectivity index (χ4v) is 1.87. The van der Waals surface area contributed by atoms with Crippen molar-refractivity contribution in [1.29, 1.82) is 0 Å². The highest BCUT2D eigenvalue weighted by atomic mass is 32.1. The molecule has 1 atom stereocenters. The van der Waals surface area contributed by atoms with E-state index in [-0.39, 0.29) is 12.5 Å². The van der Waals surface area contributed by atoms with Crippen LogP contribution >= 0.6 is 11.3 Å². The van der Waals surface area contributed by atoms with Gasteiger partial charge in [-0.15, -0.1) is 10.2 Å². The van der Waals surface area contributed by atoms with E-state index in [1.165, 1.54) is 16.8 Å². The average Bonchev–Trinajstić information content (AvgIpc) is 2.76. The Labute approximate surface area is 109 Å². The lowest BCUT2D eigenvalue weighted by Crippen LogP contribution is -2.36. The van der Waals surface area contributed by atoms with E-state index in [4.69, 9.17) is 5.11 Å². The highest BCUT2D eigenvalue weighted by molar-refractivity contribution is 7.13. The van der Waals surface area contributed by atoms with E-state index in [1.807, 2.05) is 13.8 Å². The van der Waals surface area contributed by atoms with Crippen LogP contribution in [0.1, 0.15) is 20.3 Å². The predicted octanol–water partition coefficient (Wildman–Crippen LogP) is 1.41. The molecule has 1 unspecified atom stereocenters. The number of aromatic nitrogens is 2. The Hall–Kier alpha value is -1.70. The Kier molecular flexibility index (Phi) is 5.50. The number of carbonyl (C=O) groups is 2. The first-order valence-electron chi connectivity index (χ1n) is 5.53. The van der Waals surface area contributed by atoms with Gasteiger partial charge in [0, 0.05) is 6.54 Å². The molecule has 0 aliphatic carbocycles. The molecule has 1 aromatic heterocycles. The summed E-state index contributed by atoms with van der Waals surface area (Å²) in [6.07, 6.45) is 0.522. The van der Waals surface area contributed by atoms with Crippen molar-refractivity contribution < 1.29 is 14.7 Å². The van der Waals surface area contributed by atoms with Crippen molar-refractivity contribution in [3.8, 4) is 0 Å². The van der Waals surface area contributed by atoms with E-state index in [1.54, 1.807) is 0 Å². The number of amides is 2. The van der Waals surface area contributed by atoms with Gasteiger partial charge < -0.3 is 10.4 Å². The van der Waals surface area contributed by atoms with Crippen molar-refractivity contribution in [3.63, 3.8) is 0 Å². The lowest BCUT2D eigenvalue weighted by atomic mass is 9.97. The van der Waals surface area contributed by atoms with Gasteiger partial charge in [-0.3, -0.25) is 10.1 Å². The van der Waals surface area contributed by atoms with Crippen LogP contribution in [0.2, 0.25) is 0 Å². The zero-order chi connectivity index (χ0) is 13.5. The minimum Gasteiger partial charge on any atom is -0.481 e. The summed E-state index contributed by atoms with van der Waals surface area (Å²) in [4.78, 5) is 22.4. The number of carboxylic acid groups (broad SMARTS) is 1. The first-order chi connectivity index (χ1) is 8.49. The third kappa shape index (κ3) is 5.09. The van der Waals surface area contributed by atoms with Crippen LogP contribution in [-0.4, -0.2) is 33.8 Å². The molecule has 0 aliphatic rings. The van der Waals surface area contributed by atoms with Gasteiger partial charge in [0.05, 0.1) is 5.92 Å². The molecule has 2 amide bonds. The molecule has 0 spiro atoms. The number of hydrogen-bond acceptors (Lipinski definition) is 5. The van der Waals surface area contributed by atoms with E-state index in [0.717, 1.165) is 0 Å². The molecule has 0 radical (unpaired) electrons. The molecule has 3 N–H and O–H groups in total. The van der Waals surface area contributed by atoms with Crippen molar-refractivity contribution in [2.24, 2.45) is 11.8 Å². The molecule has 0 saturated carbocycles. The highest BCUT2D eigenvalue weighted by Crippen LogP contribution is 2.11. The summed E-state index contributed by atoms with van der Waals surface area (Å²) >= 11 is 1.19. The van der Waals surface area contributed by atoms with Crippen LogP contribution < -0.4 is 10.6 Å². The van der Waals surface area contributed by atoms with Crippen molar-refractivity contribution in [2.45, 2.75) is 20.3 Å². The summed E-state index contributed by atoms with van der Waals surface area (Å²) in [7, 11) is 0. The van der Waals surface area contributed by atoms with Gasteiger partial charge in [0.2, 0.25) is 5.13 Å². The number of aliphatic carboxylic acids is 1. The van der Waals surface area contributed by atoms with Crippen LogP contribution in [-0.2, 0) is 4.79 Å². The summed E-state index contributed by atoms with van der Waals surface area (Å²) < 4.78 is 0. The Balaban J connectivity index is 2.37. The third-order valence-corrected chi connectivity index (χ3v) is 2.80. The molecule has 1 heterocycles. The molecule has 0 bridgehead atoms. The normalized spacial score (nSPS) is 12.2. The lowest BCUT2D eigenvalue weighted by molar-refractivity contribution is -0.142. The third-order valence-electron chi connectivity index (χ3n) is 2.19. The Morgan fingerprint density at radius 1 is 1.50 bits per heavy atom. The van der Waals surface area contributed by atoms with Gasteiger partial charge in [-0.2, -0.15) is 0 Å². The topological polar surface area (TPSA) is 104 Å². The largest absolute Gasteiger partial charge is 0.481 e. The van der Waals surface area contributed by atoms with Crippen LogP contribution in [0.15, 0.2) is 5.51 Å². The van der Waals surface area contributed by atoms with Crippen LogP contribution in [0.3, 0.4) is 0 Å². The second-order valence-electron chi connectivity index (χ2n) is 4.24. The zero-order valence-electron chi connectivity index (χ0n) is 10.2. The zero-order valence-corrected chi connectivity index (χ0v) is 11.0. The van der Waals surface area contributed by atoms with Crippen LogP contribution in [0.5, 0.6) is 0 Å². The minimum atomic E-state index is -0.903. The number of carboxylic acids is 1. The lowest BCUT2D eigenvalue weighted by Gasteiger charge is -2.15. The Morgan fingerprint density at radius 3 is 2.72 bits per heavy atom. The van der Waals surface area contributed by atoms with Crippen LogP contribution in [0.25, 0.3) is 0 Å². The summed E-state index contributed by atoms with van der Waals surface area (Å²) in [6.45, 7) is 3.98. The SMILES string of the molecule is CC(C)CC(CNC(=O)Nc1nncs1)C(=O)O. The summed E-state index contributed by atoms with van der Waals surface area (Å²) in [5.74, 6) is -1.22. The van der Waals surface area contributed by atoms with Gasteiger partial charge in [-0.1, -0.05) is 25.2 Å².